The van der Waals surface area contributed by atoms with Crippen LogP contribution in [0.25, 0.3) is 0 Å². The summed E-state index contributed by atoms with van der Waals surface area (Å²) in [6.45, 7) is 3.61. The maximum Gasteiger partial charge on any atom is 0.469 e. The molecule has 0 saturated heterocycles. The molecule has 100 valence electrons. The van der Waals surface area contributed by atoms with E-state index in [1.807, 2.05) is 6.92 Å². The largest absolute Gasteiger partial charge is 0.469 e. The summed E-state index contributed by atoms with van der Waals surface area (Å²) < 4.78 is 11.0. The Labute approximate surface area is 104 Å². The van der Waals surface area contributed by atoms with E-state index in [1.165, 1.54) is 12.1 Å². The number of benzene rings is 1. The average molecular weight is 294 g/mol. The van der Waals surface area contributed by atoms with Crippen LogP contribution in [0.2, 0.25) is 0 Å². The third kappa shape index (κ3) is 3.93. The van der Waals surface area contributed by atoms with Gasteiger partial charge in [0.1, 0.15) is 0 Å². The van der Waals surface area contributed by atoms with Gasteiger partial charge >= 0.3 is 20.7 Å². The zero-order valence-corrected chi connectivity index (χ0v) is 11.5. The first kappa shape index (κ1) is 15.4. The first-order valence-electron chi connectivity index (χ1n) is 4.82. The molecule has 1 rings (SSSR count). The standard InChI is InChI=1S/C9H13NO6P2/c1-6-3-4-8(5-7(6)2)10-9(17(11,12)13)18(14,15)16/h3-5,11-13H,1-2H3,(H-,14,15,16)/p+1. The van der Waals surface area contributed by atoms with Crippen LogP contribution in [0.5, 0.6) is 0 Å². The van der Waals surface area contributed by atoms with Crippen molar-refractivity contribution in [2.75, 3.05) is 0 Å². The molecule has 0 aliphatic heterocycles. The first-order valence-corrected chi connectivity index (χ1v) is 8.07. The van der Waals surface area contributed by atoms with Crippen LogP contribution in [0, 0.1) is 13.8 Å². The molecule has 1 aromatic carbocycles. The van der Waals surface area contributed by atoms with Crippen LogP contribution in [0.3, 0.4) is 0 Å². The van der Waals surface area contributed by atoms with Crippen LogP contribution in [0.1, 0.15) is 11.1 Å². The van der Waals surface area contributed by atoms with E-state index in [9.17, 15) is 4.57 Å². The van der Waals surface area contributed by atoms with Crippen LogP contribution in [-0.4, -0.2) is 29.7 Å². The van der Waals surface area contributed by atoms with Gasteiger partial charge in [-0.15, -0.1) is 0 Å². The highest BCUT2D eigenvalue weighted by atomic mass is 31.3. The van der Waals surface area contributed by atoms with E-state index in [0.29, 0.717) is 0 Å². The number of hydrogen-bond acceptors (Lipinski definition) is 5. The lowest BCUT2D eigenvalue weighted by Crippen LogP contribution is -2.05. The number of aryl methyl sites for hydroxylation is 2. The van der Waals surface area contributed by atoms with Gasteiger partial charge in [-0.1, -0.05) is 6.07 Å². The van der Waals surface area contributed by atoms with Crippen molar-refractivity contribution in [3.05, 3.63) is 29.3 Å². The third-order valence-electron chi connectivity index (χ3n) is 2.25. The zero-order valence-electron chi connectivity index (χ0n) is 9.72. The quantitative estimate of drug-likeness (QED) is 0.420. The lowest BCUT2D eigenvalue weighted by atomic mass is 10.1. The van der Waals surface area contributed by atoms with E-state index in [0.717, 1.165) is 11.1 Å². The van der Waals surface area contributed by atoms with Gasteiger partial charge < -0.3 is 9.79 Å². The Hall–Kier alpha value is -0.650. The summed E-state index contributed by atoms with van der Waals surface area (Å²) in [6.07, 6.45) is 0. The van der Waals surface area contributed by atoms with Crippen molar-refractivity contribution in [1.29, 1.82) is 0 Å². The summed E-state index contributed by atoms with van der Waals surface area (Å²) in [6, 6.07) is 4.63. The Bertz CT molecular complexity index is 530. The molecule has 0 aliphatic carbocycles. The Balaban J connectivity index is 3.34. The van der Waals surface area contributed by atoms with E-state index in [-0.39, 0.29) is 5.69 Å². The molecular formula is C9H14NO6P2+. The van der Waals surface area contributed by atoms with Crippen molar-refractivity contribution in [3.63, 3.8) is 0 Å². The summed E-state index contributed by atoms with van der Waals surface area (Å²) in [7, 11) is -9.89. The van der Waals surface area contributed by atoms with E-state index in [4.69, 9.17) is 24.5 Å². The first-order chi connectivity index (χ1) is 8.01. The van der Waals surface area contributed by atoms with Crippen molar-refractivity contribution in [2.45, 2.75) is 13.8 Å². The molecule has 7 nitrogen and oxygen atoms in total. The minimum atomic E-state index is -5.04. The van der Waals surface area contributed by atoms with Crippen molar-refractivity contribution in [3.8, 4) is 0 Å². The Kier molecular flexibility index (Phi) is 4.41. The molecule has 0 aromatic heterocycles. The third-order valence-corrected chi connectivity index (χ3v) is 5.09. The minimum absolute atomic E-state index is 0.123. The number of hydrogen-bond donors (Lipinski definition) is 5. The van der Waals surface area contributed by atoms with Crippen molar-refractivity contribution in [2.24, 2.45) is 4.99 Å². The molecule has 0 unspecified atom stereocenters. The number of rotatable bonds is 3. The molecule has 0 atom stereocenters. The van der Waals surface area contributed by atoms with Gasteiger partial charge in [-0.3, -0.25) is 0 Å². The minimum Gasteiger partial charge on any atom is -0.317 e. The smallest absolute Gasteiger partial charge is 0.317 e. The maximum atomic E-state index is 11.0. The fraction of sp³-hybridized carbons (Fsp3) is 0.222. The summed E-state index contributed by atoms with van der Waals surface area (Å²) in [5, 5.41) is -1.31. The number of aliphatic imine (C=N–C) groups is 1. The normalized spacial score (nSPS) is 13.8. The van der Waals surface area contributed by atoms with E-state index in [2.05, 4.69) is 4.99 Å². The molecule has 0 spiro atoms. The van der Waals surface area contributed by atoms with Crippen LogP contribution < -0.4 is 0 Å². The molecule has 0 heterocycles. The molecule has 5 N–H and O–H groups in total. The molecule has 0 amide bonds. The van der Waals surface area contributed by atoms with E-state index in [1.54, 1.807) is 13.0 Å². The van der Waals surface area contributed by atoms with Crippen LogP contribution in [0.15, 0.2) is 23.2 Å². The lowest BCUT2D eigenvalue weighted by molar-refractivity contribution is 0.349. The molecule has 1 aromatic rings. The van der Waals surface area contributed by atoms with Gasteiger partial charge in [-0.05, 0) is 37.1 Å². The summed E-state index contributed by atoms with van der Waals surface area (Å²) in [4.78, 5) is 48.3. The topological polar surface area (TPSA) is 131 Å². The van der Waals surface area contributed by atoms with Gasteiger partial charge in [0, 0.05) is 0 Å². The SMILES string of the molecule is Cc1ccc(N=C(P(=O)(O)O)[P+](O)(O)O)cc1C. The Morgan fingerprint density at radius 3 is 2.11 bits per heavy atom. The van der Waals surface area contributed by atoms with Gasteiger partial charge in [0.05, 0.1) is 5.69 Å². The molecule has 0 radical (unpaired) electrons. The van der Waals surface area contributed by atoms with Gasteiger partial charge in [0.25, 0.3) is 0 Å². The summed E-state index contributed by atoms with van der Waals surface area (Å²) in [5.74, 6) is 0. The highest BCUT2D eigenvalue weighted by Gasteiger charge is 2.51. The van der Waals surface area contributed by atoms with E-state index >= 15 is 0 Å². The lowest BCUT2D eigenvalue weighted by Gasteiger charge is -2.08. The molecular weight excluding hydrogens is 280 g/mol. The van der Waals surface area contributed by atoms with Gasteiger partial charge in [0.2, 0.25) is 0 Å². The monoisotopic (exact) mass is 294 g/mol. The fourth-order valence-corrected chi connectivity index (χ4v) is 3.11. The van der Waals surface area contributed by atoms with Gasteiger partial charge in [-0.2, -0.15) is 19.7 Å². The van der Waals surface area contributed by atoms with Crippen molar-refractivity contribution < 1.29 is 29.0 Å². The average Bonchev–Trinajstić information content (AvgIpc) is 2.16. The predicted octanol–water partition coefficient (Wildman–Crippen LogP) is 1.21. The van der Waals surface area contributed by atoms with Crippen LogP contribution in [0.4, 0.5) is 5.69 Å². The molecule has 0 bridgehead atoms. The van der Waals surface area contributed by atoms with E-state index < -0.39 is 20.7 Å². The second-order valence-corrected chi connectivity index (χ2v) is 7.22. The Morgan fingerprint density at radius 1 is 1.17 bits per heavy atom. The highest BCUT2D eigenvalue weighted by molar-refractivity contribution is 8.00. The molecule has 0 fully saturated rings. The summed E-state index contributed by atoms with van der Waals surface area (Å²) >= 11 is 0. The number of nitrogens with zero attached hydrogens (tertiary/aromatic N) is 1. The highest BCUT2D eigenvalue weighted by Crippen LogP contribution is 2.61. The second-order valence-electron chi connectivity index (χ2n) is 3.79. The summed E-state index contributed by atoms with van der Waals surface area (Å²) in [5.41, 5.74) is 1.89. The fourth-order valence-electron chi connectivity index (χ4n) is 1.22. The predicted molar refractivity (Wildman–Crippen MR) is 68.6 cm³/mol. The Morgan fingerprint density at radius 2 is 1.72 bits per heavy atom. The van der Waals surface area contributed by atoms with Crippen molar-refractivity contribution in [1.82, 2.24) is 0 Å². The van der Waals surface area contributed by atoms with Gasteiger partial charge in [-0.25, -0.2) is 4.57 Å². The molecule has 9 heteroatoms. The van der Waals surface area contributed by atoms with Gasteiger partial charge in [0.15, 0.2) is 0 Å². The van der Waals surface area contributed by atoms with Crippen LogP contribution >= 0.6 is 15.5 Å². The molecule has 18 heavy (non-hydrogen) atoms. The molecule has 0 aliphatic rings. The second kappa shape index (κ2) is 5.15. The van der Waals surface area contributed by atoms with Crippen LogP contribution in [-0.2, 0) is 4.57 Å². The zero-order chi connectivity index (χ0) is 14.1. The maximum absolute atomic E-state index is 11.0. The molecule has 0 saturated carbocycles. The van der Waals surface area contributed by atoms with Crippen molar-refractivity contribution >= 4 is 26.4 Å².